The lowest BCUT2D eigenvalue weighted by Crippen LogP contribution is -1.95. The molecule has 1 aromatic rings. The molecule has 86 valence electrons. The summed E-state index contributed by atoms with van der Waals surface area (Å²) in [6, 6.07) is 2.08. The lowest BCUT2D eigenvalue weighted by Gasteiger charge is -2.10. The molecule has 2 nitrogen and oxygen atoms in total. The Morgan fingerprint density at radius 1 is 1.27 bits per heavy atom. The molecule has 0 aromatic carbocycles. The van der Waals surface area contributed by atoms with Crippen LogP contribution < -0.4 is 0 Å². The quantitative estimate of drug-likeness (QED) is 0.620. The normalized spacial score (nSPS) is 13.0. The van der Waals surface area contributed by atoms with Gasteiger partial charge in [0.2, 0.25) is 0 Å². The molecule has 1 atom stereocenters. The number of hydrogen-bond donors (Lipinski definition) is 0. The fourth-order valence-corrected chi connectivity index (χ4v) is 1.94. The Bertz CT molecular complexity index is 267. The first-order valence-electron chi connectivity index (χ1n) is 6.21. The van der Waals surface area contributed by atoms with E-state index in [1.807, 2.05) is 6.92 Å². The first-order chi connectivity index (χ1) is 7.27. The van der Waals surface area contributed by atoms with Crippen LogP contribution in [0.4, 0.5) is 0 Å². The molecule has 15 heavy (non-hydrogen) atoms. The highest BCUT2D eigenvalue weighted by Crippen LogP contribution is 2.26. The Morgan fingerprint density at radius 3 is 2.60 bits per heavy atom. The van der Waals surface area contributed by atoms with Gasteiger partial charge >= 0.3 is 0 Å². The van der Waals surface area contributed by atoms with Gasteiger partial charge in [0.15, 0.2) is 0 Å². The highest BCUT2D eigenvalue weighted by molar-refractivity contribution is 5.08. The monoisotopic (exact) mass is 209 g/mol. The van der Waals surface area contributed by atoms with Crippen molar-refractivity contribution in [2.75, 3.05) is 0 Å². The molecule has 0 spiro atoms. The van der Waals surface area contributed by atoms with Crippen molar-refractivity contribution in [3.63, 3.8) is 0 Å². The highest BCUT2D eigenvalue weighted by atomic mass is 16.5. The average Bonchev–Trinajstić information content (AvgIpc) is 2.65. The lowest BCUT2D eigenvalue weighted by atomic mass is 9.95. The van der Waals surface area contributed by atoms with E-state index in [4.69, 9.17) is 4.52 Å². The van der Waals surface area contributed by atoms with Crippen molar-refractivity contribution in [3.8, 4) is 0 Å². The zero-order valence-electron chi connectivity index (χ0n) is 10.3. The van der Waals surface area contributed by atoms with Gasteiger partial charge in [-0.05, 0) is 19.8 Å². The molecule has 1 heterocycles. The zero-order valence-corrected chi connectivity index (χ0v) is 10.3. The van der Waals surface area contributed by atoms with E-state index in [2.05, 4.69) is 25.1 Å². The molecule has 0 aliphatic carbocycles. The van der Waals surface area contributed by atoms with E-state index in [9.17, 15) is 0 Å². The van der Waals surface area contributed by atoms with E-state index in [1.54, 1.807) is 0 Å². The molecule has 0 fully saturated rings. The smallest absolute Gasteiger partial charge is 0.140 e. The van der Waals surface area contributed by atoms with E-state index in [0.717, 1.165) is 17.9 Å². The predicted octanol–water partition coefficient (Wildman–Crippen LogP) is 4.45. The summed E-state index contributed by atoms with van der Waals surface area (Å²) >= 11 is 0. The van der Waals surface area contributed by atoms with Crippen molar-refractivity contribution in [1.29, 1.82) is 0 Å². The van der Waals surface area contributed by atoms with Crippen molar-refractivity contribution < 1.29 is 4.52 Å². The van der Waals surface area contributed by atoms with Gasteiger partial charge < -0.3 is 4.52 Å². The van der Waals surface area contributed by atoms with E-state index < -0.39 is 0 Å². The van der Waals surface area contributed by atoms with Crippen LogP contribution in [0.1, 0.15) is 69.7 Å². The maximum Gasteiger partial charge on any atom is 0.140 e. The molecule has 0 radical (unpaired) electrons. The molecule has 0 saturated heterocycles. The Balaban J connectivity index is 2.35. The summed E-state index contributed by atoms with van der Waals surface area (Å²) in [6.45, 7) is 6.45. The van der Waals surface area contributed by atoms with Crippen LogP contribution in [0.2, 0.25) is 0 Å². The zero-order chi connectivity index (χ0) is 11.1. The van der Waals surface area contributed by atoms with Gasteiger partial charge in [-0.15, -0.1) is 0 Å². The maximum absolute atomic E-state index is 5.32. The summed E-state index contributed by atoms with van der Waals surface area (Å²) in [5.74, 6) is 1.65. The van der Waals surface area contributed by atoms with Crippen LogP contribution in [0, 0.1) is 6.92 Å². The molecular weight excluding hydrogens is 186 g/mol. The van der Waals surface area contributed by atoms with Gasteiger partial charge in [-0.1, -0.05) is 44.7 Å². The van der Waals surface area contributed by atoms with Crippen molar-refractivity contribution >= 4 is 0 Å². The predicted molar refractivity (Wildman–Crippen MR) is 63.0 cm³/mol. The molecule has 0 aliphatic heterocycles. The van der Waals surface area contributed by atoms with Gasteiger partial charge in [-0.2, -0.15) is 0 Å². The third-order valence-electron chi connectivity index (χ3n) is 2.95. The number of unbranched alkanes of at least 4 members (excludes halogenated alkanes) is 3. The standard InChI is InChI=1S/C13H23NO/c1-4-6-7-8-9-12(5-2)13-10-11(3)14-15-13/h10,12H,4-9H2,1-3H3. The number of nitrogens with zero attached hydrogens (tertiary/aromatic N) is 1. The van der Waals surface area contributed by atoms with Gasteiger partial charge in [-0.3, -0.25) is 0 Å². The molecule has 0 aliphatic rings. The van der Waals surface area contributed by atoms with E-state index in [-0.39, 0.29) is 0 Å². The molecule has 0 amide bonds. The summed E-state index contributed by atoms with van der Waals surface area (Å²) < 4.78 is 5.32. The summed E-state index contributed by atoms with van der Waals surface area (Å²) in [5, 5.41) is 3.95. The Hall–Kier alpha value is -0.790. The molecule has 0 N–H and O–H groups in total. The van der Waals surface area contributed by atoms with Gasteiger partial charge in [0, 0.05) is 12.0 Å². The van der Waals surface area contributed by atoms with Gasteiger partial charge in [0.25, 0.3) is 0 Å². The van der Waals surface area contributed by atoms with Crippen LogP contribution in [0.5, 0.6) is 0 Å². The minimum absolute atomic E-state index is 0.572. The van der Waals surface area contributed by atoms with Crippen LogP contribution in [-0.2, 0) is 0 Å². The Labute approximate surface area is 93.0 Å². The minimum atomic E-state index is 0.572. The van der Waals surface area contributed by atoms with Gasteiger partial charge in [0.1, 0.15) is 5.76 Å². The number of aromatic nitrogens is 1. The van der Waals surface area contributed by atoms with Crippen LogP contribution in [0.3, 0.4) is 0 Å². The summed E-state index contributed by atoms with van der Waals surface area (Å²) in [5.41, 5.74) is 0.997. The third kappa shape index (κ3) is 4.06. The van der Waals surface area contributed by atoms with E-state index in [0.29, 0.717) is 5.92 Å². The molecule has 1 aromatic heterocycles. The lowest BCUT2D eigenvalue weighted by molar-refractivity contribution is 0.343. The number of rotatable bonds is 7. The van der Waals surface area contributed by atoms with E-state index >= 15 is 0 Å². The summed E-state index contributed by atoms with van der Waals surface area (Å²) in [4.78, 5) is 0. The maximum atomic E-state index is 5.32. The van der Waals surface area contributed by atoms with Crippen molar-refractivity contribution in [2.45, 2.75) is 65.2 Å². The minimum Gasteiger partial charge on any atom is -0.361 e. The SMILES string of the molecule is CCCCCCC(CC)c1cc(C)no1. The van der Waals surface area contributed by atoms with E-state index in [1.165, 1.54) is 32.1 Å². The number of hydrogen-bond acceptors (Lipinski definition) is 2. The third-order valence-corrected chi connectivity index (χ3v) is 2.95. The molecular formula is C13H23NO. The van der Waals surface area contributed by atoms with Crippen molar-refractivity contribution in [2.24, 2.45) is 0 Å². The fraction of sp³-hybridized carbons (Fsp3) is 0.769. The van der Waals surface area contributed by atoms with Crippen LogP contribution in [0.25, 0.3) is 0 Å². The van der Waals surface area contributed by atoms with Crippen LogP contribution >= 0.6 is 0 Å². The second-order valence-electron chi connectivity index (χ2n) is 4.33. The molecule has 0 saturated carbocycles. The molecule has 0 bridgehead atoms. The van der Waals surface area contributed by atoms with Crippen LogP contribution in [-0.4, -0.2) is 5.16 Å². The Morgan fingerprint density at radius 2 is 2.07 bits per heavy atom. The topological polar surface area (TPSA) is 26.0 Å². The fourth-order valence-electron chi connectivity index (χ4n) is 1.94. The van der Waals surface area contributed by atoms with Crippen molar-refractivity contribution in [1.82, 2.24) is 5.16 Å². The van der Waals surface area contributed by atoms with Crippen molar-refractivity contribution in [3.05, 3.63) is 17.5 Å². The molecule has 1 unspecified atom stereocenters. The van der Waals surface area contributed by atoms with Crippen LogP contribution in [0.15, 0.2) is 10.6 Å². The summed E-state index contributed by atoms with van der Waals surface area (Å²) in [6.07, 6.45) is 7.71. The first-order valence-corrected chi connectivity index (χ1v) is 6.21. The second kappa shape index (κ2) is 6.65. The number of aryl methyl sites for hydroxylation is 1. The summed E-state index contributed by atoms with van der Waals surface area (Å²) in [7, 11) is 0. The van der Waals surface area contributed by atoms with Gasteiger partial charge in [-0.25, -0.2) is 0 Å². The van der Waals surface area contributed by atoms with Gasteiger partial charge in [0.05, 0.1) is 5.69 Å². The highest BCUT2D eigenvalue weighted by Gasteiger charge is 2.13. The second-order valence-corrected chi connectivity index (χ2v) is 4.33. The Kier molecular flexibility index (Phi) is 5.44. The average molecular weight is 209 g/mol. The molecule has 2 heteroatoms. The largest absolute Gasteiger partial charge is 0.361 e. The molecule has 1 rings (SSSR count). The first kappa shape index (κ1) is 12.3.